The number of thiazole rings is 1. The van der Waals surface area contributed by atoms with Gasteiger partial charge in [-0.05, 0) is 30.9 Å². The number of nitrogens with one attached hydrogen (secondary N) is 2. The van der Waals surface area contributed by atoms with E-state index in [1.54, 1.807) is 11.3 Å². The smallest absolute Gasteiger partial charge is 0.191 e. The molecule has 0 saturated carbocycles. The molecule has 1 heterocycles. The van der Waals surface area contributed by atoms with Crippen molar-refractivity contribution >= 4 is 41.3 Å². The van der Waals surface area contributed by atoms with Gasteiger partial charge in [-0.1, -0.05) is 31.2 Å². The lowest BCUT2D eigenvalue weighted by Gasteiger charge is -2.30. The molecule has 0 amide bonds. The molecule has 1 aliphatic rings. The van der Waals surface area contributed by atoms with Crippen molar-refractivity contribution in [3.05, 3.63) is 51.5 Å². The molecule has 4 nitrogen and oxygen atoms in total. The highest BCUT2D eigenvalue weighted by Gasteiger charge is 2.25. The summed E-state index contributed by atoms with van der Waals surface area (Å²) in [6.45, 7) is 6.68. The maximum Gasteiger partial charge on any atom is 0.191 e. The fourth-order valence-electron chi connectivity index (χ4n) is 2.84. The first-order chi connectivity index (χ1) is 11.3. The Bertz CT molecular complexity index is 683. The molecule has 2 N–H and O–H groups in total. The van der Waals surface area contributed by atoms with Gasteiger partial charge in [0.2, 0.25) is 0 Å². The molecule has 0 saturated heterocycles. The Labute approximate surface area is 165 Å². The summed E-state index contributed by atoms with van der Waals surface area (Å²) in [5.74, 6) is 1.48. The molecule has 24 heavy (non-hydrogen) atoms. The van der Waals surface area contributed by atoms with Gasteiger partial charge in [-0.15, -0.1) is 35.3 Å². The summed E-state index contributed by atoms with van der Waals surface area (Å²) in [7, 11) is 0. The van der Waals surface area contributed by atoms with E-state index in [1.165, 1.54) is 16.0 Å². The molecule has 1 atom stereocenters. The highest BCUT2D eigenvalue weighted by Crippen LogP contribution is 2.33. The maximum atomic E-state index is 4.66. The molecule has 1 unspecified atom stereocenters. The van der Waals surface area contributed by atoms with Crippen LogP contribution < -0.4 is 10.6 Å². The second kappa shape index (κ2) is 9.36. The van der Waals surface area contributed by atoms with Crippen molar-refractivity contribution in [1.29, 1.82) is 0 Å². The molecule has 6 heteroatoms. The van der Waals surface area contributed by atoms with Crippen LogP contribution in [0.1, 0.15) is 40.8 Å². The van der Waals surface area contributed by atoms with Crippen LogP contribution in [0, 0.1) is 0 Å². The van der Waals surface area contributed by atoms with Crippen molar-refractivity contribution < 1.29 is 0 Å². The summed E-state index contributed by atoms with van der Waals surface area (Å²) >= 11 is 1.75. The topological polar surface area (TPSA) is 49.3 Å². The number of rotatable bonds is 6. The Balaban J connectivity index is 0.00000208. The lowest BCUT2D eigenvalue weighted by molar-refractivity contribution is 0.584. The molecule has 130 valence electrons. The highest BCUT2D eigenvalue weighted by atomic mass is 127. The fraction of sp³-hybridized carbons (Fsp3) is 0.444. The minimum absolute atomic E-state index is 0. The summed E-state index contributed by atoms with van der Waals surface area (Å²) in [5.41, 5.74) is 2.96. The van der Waals surface area contributed by atoms with Crippen LogP contribution in [0.4, 0.5) is 0 Å². The van der Waals surface area contributed by atoms with Crippen LogP contribution in [0.15, 0.2) is 35.5 Å². The number of nitrogens with zero attached hydrogens (tertiary/aromatic N) is 2. The van der Waals surface area contributed by atoms with Gasteiger partial charge in [0.15, 0.2) is 5.96 Å². The predicted octanol–water partition coefficient (Wildman–Crippen LogP) is 3.72. The van der Waals surface area contributed by atoms with Crippen LogP contribution in [0.25, 0.3) is 0 Å². The van der Waals surface area contributed by atoms with Crippen molar-refractivity contribution in [2.24, 2.45) is 4.99 Å². The van der Waals surface area contributed by atoms with E-state index in [1.807, 2.05) is 6.20 Å². The standard InChI is InChI=1S/C18H24N4S.HI/c1-3-15-11-20-17(23-15)12-22-18(19-4-2)21-10-14-9-13-7-5-6-8-16(13)14;/h5-8,11,14H,3-4,9-10,12H2,1-2H3,(H2,19,21,22);1H. The van der Waals surface area contributed by atoms with Gasteiger partial charge in [0.25, 0.3) is 0 Å². The number of aromatic nitrogens is 1. The molecule has 1 aliphatic carbocycles. The van der Waals surface area contributed by atoms with Crippen molar-refractivity contribution in [2.75, 3.05) is 13.1 Å². The third-order valence-electron chi connectivity index (χ3n) is 4.14. The van der Waals surface area contributed by atoms with Gasteiger partial charge in [0.05, 0.1) is 6.54 Å². The first kappa shape index (κ1) is 19.2. The molecular formula is C18H25IN4S. The van der Waals surface area contributed by atoms with Gasteiger partial charge in [0, 0.05) is 30.1 Å². The summed E-state index contributed by atoms with van der Waals surface area (Å²) < 4.78 is 0. The number of aliphatic imine (C=N–C) groups is 1. The largest absolute Gasteiger partial charge is 0.357 e. The zero-order valence-electron chi connectivity index (χ0n) is 14.2. The highest BCUT2D eigenvalue weighted by molar-refractivity contribution is 14.0. The van der Waals surface area contributed by atoms with E-state index >= 15 is 0 Å². The number of benzene rings is 1. The lowest BCUT2D eigenvalue weighted by atomic mass is 9.78. The summed E-state index contributed by atoms with van der Waals surface area (Å²) in [5, 5.41) is 7.86. The molecule has 0 fully saturated rings. The van der Waals surface area contributed by atoms with E-state index in [4.69, 9.17) is 0 Å². The number of halogens is 1. The number of hydrogen-bond donors (Lipinski definition) is 2. The van der Waals surface area contributed by atoms with Crippen LogP contribution in [0.5, 0.6) is 0 Å². The Morgan fingerprint density at radius 2 is 2.12 bits per heavy atom. The maximum absolute atomic E-state index is 4.66. The normalized spacial score (nSPS) is 15.9. The number of fused-ring (bicyclic) bond motifs is 1. The molecule has 1 aromatic carbocycles. The first-order valence-electron chi connectivity index (χ1n) is 8.33. The van der Waals surface area contributed by atoms with Crippen LogP contribution in [-0.4, -0.2) is 24.0 Å². The van der Waals surface area contributed by atoms with Gasteiger partial charge in [-0.25, -0.2) is 9.98 Å². The minimum Gasteiger partial charge on any atom is -0.357 e. The van der Waals surface area contributed by atoms with Gasteiger partial charge in [0.1, 0.15) is 5.01 Å². The molecule has 0 aliphatic heterocycles. The third kappa shape index (κ3) is 4.69. The van der Waals surface area contributed by atoms with Crippen molar-refractivity contribution in [2.45, 2.75) is 39.2 Å². The minimum atomic E-state index is 0. The molecule has 0 bridgehead atoms. The lowest BCUT2D eigenvalue weighted by Crippen LogP contribution is -2.41. The van der Waals surface area contributed by atoms with E-state index in [0.717, 1.165) is 36.9 Å². The Morgan fingerprint density at radius 3 is 2.83 bits per heavy atom. The van der Waals surface area contributed by atoms with Crippen LogP contribution in [0.3, 0.4) is 0 Å². The van der Waals surface area contributed by atoms with E-state index in [9.17, 15) is 0 Å². The number of guanidine groups is 1. The second-order valence-corrected chi connectivity index (χ2v) is 6.95. The van der Waals surface area contributed by atoms with Crippen molar-refractivity contribution in [1.82, 2.24) is 15.6 Å². The van der Waals surface area contributed by atoms with Crippen LogP contribution >= 0.6 is 35.3 Å². The van der Waals surface area contributed by atoms with E-state index in [-0.39, 0.29) is 24.0 Å². The van der Waals surface area contributed by atoms with Gasteiger partial charge < -0.3 is 10.6 Å². The Hall–Kier alpha value is -1.15. The van der Waals surface area contributed by atoms with Crippen LogP contribution in [-0.2, 0) is 19.4 Å². The monoisotopic (exact) mass is 456 g/mol. The Morgan fingerprint density at radius 1 is 1.29 bits per heavy atom. The number of aryl methyl sites for hydroxylation is 1. The van der Waals surface area contributed by atoms with Gasteiger partial charge >= 0.3 is 0 Å². The van der Waals surface area contributed by atoms with Crippen molar-refractivity contribution in [3.63, 3.8) is 0 Å². The quantitative estimate of drug-likeness (QED) is 0.396. The SMILES string of the molecule is CCNC(=NCc1ncc(CC)s1)NCC1Cc2ccccc21.I. The van der Waals surface area contributed by atoms with Gasteiger partial charge in [-0.3, -0.25) is 0 Å². The summed E-state index contributed by atoms with van der Waals surface area (Å²) in [6.07, 6.45) is 4.16. The molecule has 0 spiro atoms. The second-order valence-electron chi connectivity index (χ2n) is 5.75. The predicted molar refractivity (Wildman–Crippen MR) is 113 cm³/mol. The van der Waals surface area contributed by atoms with E-state index in [0.29, 0.717) is 12.5 Å². The van der Waals surface area contributed by atoms with Crippen LogP contribution in [0.2, 0.25) is 0 Å². The average Bonchev–Trinajstić information content (AvgIpc) is 3.01. The fourth-order valence-corrected chi connectivity index (χ4v) is 3.62. The third-order valence-corrected chi connectivity index (χ3v) is 5.27. The van der Waals surface area contributed by atoms with E-state index in [2.05, 4.69) is 58.7 Å². The number of hydrogen-bond acceptors (Lipinski definition) is 3. The molecule has 3 rings (SSSR count). The average molecular weight is 456 g/mol. The molecule has 0 radical (unpaired) electrons. The first-order valence-corrected chi connectivity index (χ1v) is 9.15. The Kier molecular flexibility index (Phi) is 7.48. The molecule has 1 aromatic heterocycles. The van der Waals surface area contributed by atoms with Gasteiger partial charge in [-0.2, -0.15) is 0 Å². The molecule has 2 aromatic rings. The molecular weight excluding hydrogens is 431 g/mol. The summed E-state index contributed by atoms with van der Waals surface area (Å²) in [4.78, 5) is 10.4. The summed E-state index contributed by atoms with van der Waals surface area (Å²) in [6, 6.07) is 8.70. The van der Waals surface area contributed by atoms with Crippen molar-refractivity contribution in [3.8, 4) is 0 Å². The zero-order valence-corrected chi connectivity index (χ0v) is 17.4. The van der Waals surface area contributed by atoms with E-state index < -0.39 is 0 Å². The zero-order chi connectivity index (χ0) is 16.1.